The fourth-order valence-electron chi connectivity index (χ4n) is 2.07. The van der Waals surface area contributed by atoms with Gasteiger partial charge in [0, 0.05) is 11.6 Å². The Bertz CT molecular complexity index is 861. The highest BCUT2D eigenvalue weighted by molar-refractivity contribution is 7.89. The summed E-state index contributed by atoms with van der Waals surface area (Å²) in [7, 11) is -2.33. The molecule has 0 aliphatic rings. The molecular formula is C17H20N2O5S. The second-order valence-electron chi connectivity index (χ2n) is 5.08. The van der Waals surface area contributed by atoms with Crippen molar-refractivity contribution in [1.82, 2.24) is 4.83 Å². The van der Waals surface area contributed by atoms with E-state index in [1.807, 2.05) is 6.92 Å². The smallest absolute Gasteiger partial charge is 0.276 e. The molecule has 2 N–H and O–H groups in total. The van der Waals surface area contributed by atoms with Gasteiger partial charge in [-0.1, -0.05) is 0 Å². The molecule has 0 aliphatic heterocycles. The van der Waals surface area contributed by atoms with Crippen molar-refractivity contribution >= 4 is 15.7 Å². The first kappa shape index (κ1) is 18.6. The van der Waals surface area contributed by atoms with Gasteiger partial charge in [-0.3, -0.25) is 0 Å². The van der Waals surface area contributed by atoms with Gasteiger partial charge in [-0.2, -0.15) is 18.4 Å². The Morgan fingerprint density at radius 1 is 1.16 bits per heavy atom. The van der Waals surface area contributed by atoms with Crippen LogP contribution < -0.4 is 14.3 Å². The average molecular weight is 364 g/mol. The van der Waals surface area contributed by atoms with Crippen LogP contribution in [0.1, 0.15) is 19.4 Å². The maximum atomic E-state index is 12.3. The first-order valence-corrected chi connectivity index (χ1v) is 9.02. The van der Waals surface area contributed by atoms with Crippen LogP contribution in [0.15, 0.2) is 52.5 Å². The predicted molar refractivity (Wildman–Crippen MR) is 94.8 cm³/mol. The standard InChI is InChI=1S/C17H20N2O5S/c1-4-24-13-5-8-15(9-6-13)25(21,22)19-18-12(2)16-10-7-14(23-3)11-17(16)20/h5-11,19-20H,4H2,1-3H3. The highest BCUT2D eigenvalue weighted by Gasteiger charge is 2.14. The van der Waals surface area contributed by atoms with Crippen LogP contribution in [0.5, 0.6) is 17.2 Å². The molecule has 25 heavy (non-hydrogen) atoms. The minimum atomic E-state index is -3.82. The maximum absolute atomic E-state index is 12.3. The molecule has 0 aromatic heterocycles. The van der Waals surface area contributed by atoms with Crippen LogP contribution in [0.25, 0.3) is 0 Å². The molecule has 0 radical (unpaired) electrons. The number of hydrogen-bond donors (Lipinski definition) is 2. The van der Waals surface area contributed by atoms with Gasteiger partial charge in [0.2, 0.25) is 0 Å². The highest BCUT2D eigenvalue weighted by atomic mass is 32.2. The summed E-state index contributed by atoms with van der Waals surface area (Å²) in [5, 5.41) is 13.8. The lowest BCUT2D eigenvalue weighted by atomic mass is 10.1. The summed E-state index contributed by atoms with van der Waals surface area (Å²) in [5.74, 6) is 1.02. The lowest BCUT2D eigenvalue weighted by Crippen LogP contribution is -2.20. The molecule has 7 nitrogen and oxygen atoms in total. The Morgan fingerprint density at radius 3 is 2.36 bits per heavy atom. The third kappa shape index (κ3) is 4.63. The quantitative estimate of drug-likeness (QED) is 0.581. The zero-order chi connectivity index (χ0) is 18.4. The minimum Gasteiger partial charge on any atom is -0.507 e. The first-order chi connectivity index (χ1) is 11.9. The van der Waals surface area contributed by atoms with E-state index in [9.17, 15) is 13.5 Å². The van der Waals surface area contributed by atoms with E-state index in [4.69, 9.17) is 9.47 Å². The van der Waals surface area contributed by atoms with E-state index in [2.05, 4.69) is 9.93 Å². The molecule has 8 heteroatoms. The number of rotatable bonds is 7. The molecule has 0 unspecified atom stereocenters. The van der Waals surface area contributed by atoms with Gasteiger partial charge in [-0.25, -0.2) is 0 Å². The van der Waals surface area contributed by atoms with Crippen molar-refractivity contribution in [3.8, 4) is 17.2 Å². The van der Waals surface area contributed by atoms with Crippen molar-refractivity contribution in [3.63, 3.8) is 0 Å². The molecule has 0 aliphatic carbocycles. The summed E-state index contributed by atoms with van der Waals surface area (Å²) in [6.07, 6.45) is 0. The van der Waals surface area contributed by atoms with Crippen LogP contribution in [0.3, 0.4) is 0 Å². The normalized spacial score (nSPS) is 11.9. The summed E-state index contributed by atoms with van der Waals surface area (Å²) < 4.78 is 34.8. The number of aromatic hydroxyl groups is 1. The number of methoxy groups -OCH3 is 1. The van der Waals surface area contributed by atoms with Crippen molar-refractivity contribution in [2.45, 2.75) is 18.7 Å². The molecule has 0 amide bonds. The second-order valence-corrected chi connectivity index (χ2v) is 6.74. The average Bonchev–Trinajstić information content (AvgIpc) is 2.60. The number of nitrogens with one attached hydrogen (secondary N) is 1. The Kier molecular flexibility index (Phi) is 5.87. The van der Waals surface area contributed by atoms with Crippen molar-refractivity contribution in [3.05, 3.63) is 48.0 Å². The van der Waals surface area contributed by atoms with Gasteiger partial charge >= 0.3 is 0 Å². The molecule has 134 valence electrons. The zero-order valence-corrected chi connectivity index (χ0v) is 15.0. The van der Waals surface area contributed by atoms with E-state index in [0.717, 1.165) is 0 Å². The van der Waals surface area contributed by atoms with Crippen molar-refractivity contribution in [1.29, 1.82) is 0 Å². The van der Waals surface area contributed by atoms with Gasteiger partial charge < -0.3 is 14.6 Å². The molecule has 2 rings (SSSR count). The number of hydrogen-bond acceptors (Lipinski definition) is 6. The summed E-state index contributed by atoms with van der Waals surface area (Å²) >= 11 is 0. The van der Waals surface area contributed by atoms with Crippen LogP contribution in [-0.4, -0.2) is 33.0 Å². The molecule has 0 heterocycles. The lowest BCUT2D eigenvalue weighted by molar-refractivity contribution is 0.340. The van der Waals surface area contributed by atoms with Crippen LogP contribution in [0, 0.1) is 0 Å². The fourth-order valence-corrected chi connectivity index (χ4v) is 2.92. The zero-order valence-electron chi connectivity index (χ0n) is 14.2. The number of hydrazone groups is 1. The third-order valence-corrected chi connectivity index (χ3v) is 4.60. The summed E-state index contributed by atoms with van der Waals surface area (Å²) in [4.78, 5) is 2.22. The second kappa shape index (κ2) is 7.89. The van der Waals surface area contributed by atoms with E-state index >= 15 is 0 Å². The van der Waals surface area contributed by atoms with Crippen molar-refractivity contribution in [2.75, 3.05) is 13.7 Å². The van der Waals surface area contributed by atoms with Crippen molar-refractivity contribution in [2.24, 2.45) is 5.10 Å². The Hall–Kier alpha value is -2.74. The largest absolute Gasteiger partial charge is 0.507 e. The fraction of sp³-hybridized carbons (Fsp3) is 0.235. The Labute approximate surface area is 147 Å². The molecule has 0 bridgehead atoms. The molecule has 2 aromatic carbocycles. The van der Waals surface area contributed by atoms with E-state index < -0.39 is 10.0 Å². The summed E-state index contributed by atoms with van der Waals surface area (Å²) in [6, 6.07) is 10.7. The van der Waals surface area contributed by atoms with E-state index in [-0.39, 0.29) is 10.6 Å². The molecule has 0 atom stereocenters. The Balaban J connectivity index is 2.18. The number of phenolic OH excluding ortho intramolecular Hbond substituents is 1. The number of phenols is 1. The topological polar surface area (TPSA) is 97.2 Å². The van der Waals surface area contributed by atoms with E-state index in [0.29, 0.717) is 29.4 Å². The lowest BCUT2D eigenvalue weighted by Gasteiger charge is -2.08. The van der Waals surface area contributed by atoms with Gasteiger partial charge in [0.15, 0.2) is 0 Å². The van der Waals surface area contributed by atoms with Crippen molar-refractivity contribution < 1.29 is 23.0 Å². The minimum absolute atomic E-state index is 0.0548. The molecule has 0 fully saturated rings. The summed E-state index contributed by atoms with van der Waals surface area (Å²) in [5.41, 5.74) is 0.713. The van der Waals surface area contributed by atoms with Gasteiger partial charge in [0.05, 0.1) is 24.3 Å². The van der Waals surface area contributed by atoms with Gasteiger partial charge in [0.1, 0.15) is 17.2 Å². The highest BCUT2D eigenvalue weighted by Crippen LogP contribution is 2.24. The van der Waals surface area contributed by atoms with Crippen LogP contribution >= 0.6 is 0 Å². The van der Waals surface area contributed by atoms with Crippen LogP contribution in [-0.2, 0) is 10.0 Å². The summed E-state index contributed by atoms with van der Waals surface area (Å²) in [6.45, 7) is 3.93. The van der Waals surface area contributed by atoms with E-state index in [1.54, 1.807) is 31.2 Å². The monoisotopic (exact) mass is 364 g/mol. The number of benzene rings is 2. The molecule has 2 aromatic rings. The number of nitrogens with zero attached hydrogens (tertiary/aromatic N) is 1. The molecule has 0 saturated carbocycles. The molecule has 0 spiro atoms. The van der Waals surface area contributed by atoms with Gasteiger partial charge in [-0.05, 0) is 50.2 Å². The Morgan fingerprint density at radius 2 is 1.80 bits per heavy atom. The predicted octanol–water partition coefficient (Wildman–Crippen LogP) is 2.50. The number of ether oxygens (including phenoxy) is 2. The molecular weight excluding hydrogens is 344 g/mol. The van der Waals surface area contributed by atoms with Crippen LogP contribution in [0.2, 0.25) is 0 Å². The van der Waals surface area contributed by atoms with Gasteiger partial charge in [0.25, 0.3) is 10.0 Å². The first-order valence-electron chi connectivity index (χ1n) is 7.53. The maximum Gasteiger partial charge on any atom is 0.276 e. The van der Waals surface area contributed by atoms with Gasteiger partial charge in [-0.15, -0.1) is 0 Å². The third-order valence-electron chi connectivity index (χ3n) is 3.37. The van der Waals surface area contributed by atoms with E-state index in [1.165, 1.54) is 25.3 Å². The van der Waals surface area contributed by atoms with Crippen LogP contribution in [0.4, 0.5) is 0 Å². The number of sulfonamides is 1. The molecule has 0 saturated heterocycles. The SMILES string of the molecule is CCOc1ccc(S(=O)(=O)NN=C(C)c2ccc(OC)cc2O)cc1.